The topological polar surface area (TPSA) is 78.8 Å². The van der Waals surface area contributed by atoms with Gasteiger partial charge in [-0.25, -0.2) is 9.07 Å². The van der Waals surface area contributed by atoms with Gasteiger partial charge in [-0.2, -0.15) is 0 Å². The number of hydrogen-bond acceptors (Lipinski definition) is 5. The van der Waals surface area contributed by atoms with Gasteiger partial charge in [0.25, 0.3) is 0 Å². The second-order valence-electron chi connectivity index (χ2n) is 4.95. The first-order valence-electron chi connectivity index (χ1n) is 6.36. The van der Waals surface area contributed by atoms with Gasteiger partial charge < -0.3 is 10.5 Å². The number of rotatable bonds is 5. The van der Waals surface area contributed by atoms with Crippen LogP contribution in [-0.4, -0.2) is 33.9 Å². The maximum absolute atomic E-state index is 14.0. The van der Waals surface area contributed by atoms with Gasteiger partial charge in [-0.1, -0.05) is 13.8 Å². The average Bonchev–Trinajstić information content (AvgIpc) is 2.84. The molecule has 7 heteroatoms. The highest BCUT2D eigenvalue weighted by molar-refractivity contribution is 5.59. The number of anilines is 1. The molecule has 0 aliphatic carbocycles. The van der Waals surface area contributed by atoms with Crippen molar-refractivity contribution in [1.29, 1.82) is 0 Å². The smallest absolute Gasteiger partial charge is 0.185 e. The summed E-state index contributed by atoms with van der Waals surface area (Å²) in [7, 11) is 1.61. The fourth-order valence-electron chi connectivity index (χ4n) is 2.02. The van der Waals surface area contributed by atoms with Crippen molar-refractivity contribution in [2.24, 2.45) is 5.92 Å². The Bertz CT molecular complexity index is 584. The van der Waals surface area contributed by atoms with Gasteiger partial charge in [0.05, 0.1) is 18.2 Å². The van der Waals surface area contributed by atoms with Crippen molar-refractivity contribution in [1.82, 2.24) is 20.2 Å². The van der Waals surface area contributed by atoms with Crippen molar-refractivity contribution in [3.05, 3.63) is 24.0 Å². The molecule has 108 valence electrons. The zero-order valence-corrected chi connectivity index (χ0v) is 11.7. The highest BCUT2D eigenvalue weighted by Gasteiger charge is 2.23. The first kappa shape index (κ1) is 14.4. The number of ether oxygens (including phenoxy) is 1. The molecule has 0 saturated carbocycles. The number of nitrogens with two attached hydrogens (primary N) is 1. The van der Waals surface area contributed by atoms with Gasteiger partial charge >= 0.3 is 0 Å². The Morgan fingerprint density at radius 3 is 2.75 bits per heavy atom. The number of nitrogens with zero attached hydrogens (tertiary/aromatic N) is 4. The van der Waals surface area contributed by atoms with Crippen LogP contribution in [-0.2, 0) is 4.74 Å². The van der Waals surface area contributed by atoms with E-state index in [1.807, 2.05) is 13.8 Å². The maximum atomic E-state index is 14.0. The molecular formula is C13H18FN5O. The first-order valence-corrected chi connectivity index (χ1v) is 6.36. The number of methoxy groups -OCH3 is 1. The molecule has 2 rings (SSSR count). The van der Waals surface area contributed by atoms with Crippen LogP contribution < -0.4 is 5.73 Å². The lowest BCUT2D eigenvalue weighted by Crippen LogP contribution is -2.22. The quantitative estimate of drug-likeness (QED) is 0.846. The van der Waals surface area contributed by atoms with E-state index in [4.69, 9.17) is 10.5 Å². The molecule has 0 amide bonds. The monoisotopic (exact) mass is 279 g/mol. The molecule has 2 N–H and O–H groups in total. The van der Waals surface area contributed by atoms with E-state index in [9.17, 15) is 4.39 Å². The highest BCUT2D eigenvalue weighted by atomic mass is 19.1. The van der Waals surface area contributed by atoms with Gasteiger partial charge in [0.15, 0.2) is 5.82 Å². The standard InChI is InChI=1S/C13H18FN5O/c1-8(2)12(7-20-3)19-13(16-17-18-19)10-5-4-9(15)6-11(10)14/h4-6,8,12H,7,15H2,1-3H3. The zero-order valence-electron chi connectivity index (χ0n) is 11.7. The molecule has 1 atom stereocenters. The number of aromatic nitrogens is 4. The van der Waals surface area contributed by atoms with Crippen LogP contribution in [0.2, 0.25) is 0 Å². The molecule has 0 saturated heterocycles. The molecular weight excluding hydrogens is 261 g/mol. The average molecular weight is 279 g/mol. The van der Waals surface area contributed by atoms with Gasteiger partial charge in [0.2, 0.25) is 0 Å². The molecule has 0 aliphatic rings. The van der Waals surface area contributed by atoms with Gasteiger partial charge in [-0.3, -0.25) is 0 Å². The number of benzene rings is 1. The Morgan fingerprint density at radius 1 is 1.40 bits per heavy atom. The second kappa shape index (κ2) is 5.96. The third-order valence-corrected chi connectivity index (χ3v) is 3.15. The van der Waals surface area contributed by atoms with Gasteiger partial charge in [-0.15, -0.1) is 5.10 Å². The summed E-state index contributed by atoms with van der Waals surface area (Å²) in [4.78, 5) is 0. The molecule has 20 heavy (non-hydrogen) atoms. The molecule has 1 heterocycles. The van der Waals surface area contributed by atoms with Gasteiger partial charge in [0.1, 0.15) is 5.82 Å². The number of nitrogen functional groups attached to an aromatic ring is 1. The van der Waals surface area contributed by atoms with Crippen molar-refractivity contribution in [3.63, 3.8) is 0 Å². The molecule has 0 radical (unpaired) electrons. The van der Waals surface area contributed by atoms with Gasteiger partial charge in [-0.05, 0) is 34.5 Å². The summed E-state index contributed by atoms with van der Waals surface area (Å²) in [6, 6.07) is 4.39. The van der Waals surface area contributed by atoms with Crippen LogP contribution in [0.25, 0.3) is 11.4 Å². The molecule has 1 aromatic heterocycles. The fourth-order valence-corrected chi connectivity index (χ4v) is 2.02. The van der Waals surface area contributed by atoms with Crippen LogP contribution in [0.15, 0.2) is 18.2 Å². The molecule has 0 spiro atoms. The Hall–Kier alpha value is -2.02. The summed E-state index contributed by atoms with van der Waals surface area (Å²) in [5.41, 5.74) is 6.24. The Kier molecular flexibility index (Phi) is 4.29. The fraction of sp³-hybridized carbons (Fsp3) is 0.462. The third kappa shape index (κ3) is 2.77. The van der Waals surface area contributed by atoms with Crippen molar-refractivity contribution >= 4 is 5.69 Å². The summed E-state index contributed by atoms with van der Waals surface area (Å²) in [6.07, 6.45) is 0. The van der Waals surface area contributed by atoms with Crippen molar-refractivity contribution in [2.75, 3.05) is 19.5 Å². The van der Waals surface area contributed by atoms with E-state index < -0.39 is 5.82 Å². The molecule has 0 fully saturated rings. The SMILES string of the molecule is COCC(C(C)C)n1nnnc1-c1ccc(N)cc1F. The lowest BCUT2D eigenvalue weighted by molar-refractivity contribution is 0.126. The molecule has 2 aromatic rings. The highest BCUT2D eigenvalue weighted by Crippen LogP contribution is 2.26. The van der Waals surface area contributed by atoms with E-state index in [1.165, 1.54) is 6.07 Å². The van der Waals surface area contributed by atoms with Crippen LogP contribution in [0, 0.1) is 11.7 Å². The van der Waals surface area contributed by atoms with Crippen LogP contribution in [0.4, 0.5) is 10.1 Å². The van der Waals surface area contributed by atoms with Crippen molar-refractivity contribution < 1.29 is 9.13 Å². The van der Waals surface area contributed by atoms with E-state index >= 15 is 0 Å². The summed E-state index contributed by atoms with van der Waals surface area (Å²) in [5.74, 6) is 0.174. The molecule has 1 aromatic carbocycles. The van der Waals surface area contributed by atoms with Crippen LogP contribution >= 0.6 is 0 Å². The lowest BCUT2D eigenvalue weighted by Gasteiger charge is -2.21. The summed E-state index contributed by atoms with van der Waals surface area (Å²) < 4.78 is 20.8. The molecule has 1 unspecified atom stereocenters. The van der Waals surface area contributed by atoms with Crippen LogP contribution in [0.3, 0.4) is 0 Å². The Labute approximate surface area is 116 Å². The number of halogens is 1. The lowest BCUT2D eigenvalue weighted by atomic mass is 10.0. The first-order chi connectivity index (χ1) is 9.54. The van der Waals surface area contributed by atoms with E-state index in [0.717, 1.165) is 0 Å². The predicted octanol–water partition coefficient (Wildman–Crippen LogP) is 1.90. The van der Waals surface area contributed by atoms with Crippen molar-refractivity contribution in [2.45, 2.75) is 19.9 Å². The summed E-state index contributed by atoms with van der Waals surface area (Å²) in [5, 5.41) is 11.6. The minimum Gasteiger partial charge on any atom is -0.399 e. The van der Waals surface area contributed by atoms with E-state index in [0.29, 0.717) is 23.7 Å². The molecule has 6 nitrogen and oxygen atoms in total. The third-order valence-electron chi connectivity index (χ3n) is 3.15. The van der Waals surface area contributed by atoms with E-state index in [2.05, 4.69) is 15.5 Å². The van der Waals surface area contributed by atoms with E-state index in [-0.39, 0.29) is 12.0 Å². The van der Waals surface area contributed by atoms with Gasteiger partial charge in [0, 0.05) is 12.8 Å². The maximum Gasteiger partial charge on any atom is 0.185 e. The van der Waals surface area contributed by atoms with E-state index in [1.54, 1.807) is 23.9 Å². The largest absolute Gasteiger partial charge is 0.399 e. The zero-order chi connectivity index (χ0) is 14.7. The number of hydrogen-bond donors (Lipinski definition) is 1. The van der Waals surface area contributed by atoms with Crippen molar-refractivity contribution in [3.8, 4) is 11.4 Å². The minimum atomic E-state index is -0.444. The second-order valence-corrected chi connectivity index (χ2v) is 4.95. The molecule has 0 bridgehead atoms. The number of tetrazole rings is 1. The Balaban J connectivity index is 2.46. The summed E-state index contributed by atoms with van der Waals surface area (Å²) in [6.45, 7) is 4.52. The predicted molar refractivity (Wildman–Crippen MR) is 73.4 cm³/mol. The molecule has 0 aliphatic heterocycles. The van der Waals surface area contributed by atoms with Crippen LogP contribution in [0.1, 0.15) is 19.9 Å². The minimum absolute atomic E-state index is 0.0676. The normalized spacial score (nSPS) is 12.8. The Morgan fingerprint density at radius 2 is 2.15 bits per heavy atom. The van der Waals surface area contributed by atoms with Crippen LogP contribution in [0.5, 0.6) is 0 Å². The summed E-state index contributed by atoms with van der Waals surface area (Å²) >= 11 is 0.